The highest BCUT2D eigenvalue weighted by Crippen LogP contribution is 2.18. The third kappa shape index (κ3) is 5.68. The van der Waals surface area contributed by atoms with Crippen molar-refractivity contribution < 1.29 is 0 Å². The van der Waals surface area contributed by atoms with Gasteiger partial charge in [0.15, 0.2) is 0 Å². The Morgan fingerprint density at radius 3 is 2.82 bits per heavy atom. The molecule has 0 fully saturated rings. The molecular weight excluding hydrogens is 391 g/mol. The highest BCUT2D eigenvalue weighted by atomic mass is 127. The van der Waals surface area contributed by atoms with E-state index in [0.29, 0.717) is 6.04 Å². The number of likely N-dealkylation sites (N-methyl/N-ethyl adjacent to an activating group) is 1. The molecule has 0 aromatic heterocycles. The van der Waals surface area contributed by atoms with Gasteiger partial charge >= 0.3 is 0 Å². The summed E-state index contributed by atoms with van der Waals surface area (Å²) in [5, 5.41) is 3.56. The number of hydrogen-bond donors (Lipinski definition) is 1. The van der Waals surface area contributed by atoms with Gasteiger partial charge < -0.3 is 10.2 Å². The Bertz CT molecular complexity index is 357. The number of rotatable bonds is 6. The zero-order chi connectivity index (χ0) is 12.8. The Labute approximate surface area is 126 Å². The van der Waals surface area contributed by atoms with Crippen molar-refractivity contribution >= 4 is 38.5 Å². The highest BCUT2D eigenvalue weighted by molar-refractivity contribution is 14.1. The van der Waals surface area contributed by atoms with Gasteiger partial charge in [-0.1, -0.05) is 22.9 Å². The normalized spacial score (nSPS) is 13.1. The van der Waals surface area contributed by atoms with Crippen LogP contribution in [0.5, 0.6) is 0 Å². The Morgan fingerprint density at radius 1 is 1.47 bits per heavy atom. The van der Waals surface area contributed by atoms with Gasteiger partial charge in [0.05, 0.1) is 0 Å². The number of hydrogen-bond acceptors (Lipinski definition) is 2. The van der Waals surface area contributed by atoms with E-state index in [4.69, 9.17) is 0 Å². The van der Waals surface area contributed by atoms with Gasteiger partial charge in [0.2, 0.25) is 0 Å². The monoisotopic (exact) mass is 410 g/mol. The van der Waals surface area contributed by atoms with Crippen molar-refractivity contribution in [1.82, 2.24) is 10.2 Å². The molecule has 1 rings (SSSR count). The van der Waals surface area contributed by atoms with Crippen LogP contribution in [0, 0.1) is 3.57 Å². The van der Waals surface area contributed by atoms with E-state index < -0.39 is 0 Å². The lowest BCUT2D eigenvalue weighted by molar-refractivity contribution is 0.309. The fourth-order valence-electron chi connectivity index (χ4n) is 1.62. The van der Waals surface area contributed by atoms with E-state index in [9.17, 15) is 0 Å². The van der Waals surface area contributed by atoms with Gasteiger partial charge in [0, 0.05) is 27.2 Å². The van der Waals surface area contributed by atoms with Gasteiger partial charge in [-0.3, -0.25) is 0 Å². The van der Waals surface area contributed by atoms with Crippen LogP contribution in [0.4, 0.5) is 0 Å². The van der Waals surface area contributed by atoms with Gasteiger partial charge in [-0.15, -0.1) is 0 Å². The number of nitrogens with zero attached hydrogens (tertiary/aromatic N) is 1. The van der Waals surface area contributed by atoms with E-state index in [1.54, 1.807) is 0 Å². The van der Waals surface area contributed by atoms with E-state index in [0.717, 1.165) is 24.1 Å². The van der Waals surface area contributed by atoms with E-state index in [-0.39, 0.29) is 0 Å². The van der Waals surface area contributed by atoms with Gasteiger partial charge in [-0.2, -0.15) is 0 Å². The van der Waals surface area contributed by atoms with E-state index >= 15 is 0 Å². The van der Waals surface area contributed by atoms with Crippen molar-refractivity contribution in [2.24, 2.45) is 0 Å². The van der Waals surface area contributed by atoms with E-state index in [2.05, 4.69) is 87.8 Å². The molecule has 0 saturated carbocycles. The second-order valence-electron chi connectivity index (χ2n) is 4.37. The Kier molecular flexibility index (Phi) is 6.99. The molecule has 0 spiro atoms. The van der Waals surface area contributed by atoms with Crippen molar-refractivity contribution in [2.75, 3.05) is 20.1 Å². The van der Waals surface area contributed by atoms with Crippen LogP contribution in [0.3, 0.4) is 0 Å². The summed E-state index contributed by atoms with van der Waals surface area (Å²) in [5.41, 5.74) is 1.35. The van der Waals surface area contributed by atoms with E-state index in [1.165, 1.54) is 9.13 Å². The highest BCUT2D eigenvalue weighted by Gasteiger charge is 2.06. The molecule has 0 aliphatic heterocycles. The summed E-state index contributed by atoms with van der Waals surface area (Å²) in [6, 6.07) is 6.92. The zero-order valence-corrected chi connectivity index (χ0v) is 14.4. The van der Waals surface area contributed by atoms with Crippen molar-refractivity contribution in [3.8, 4) is 0 Å². The predicted octanol–water partition coefficient (Wildman–Crippen LogP) is 3.48. The van der Waals surface area contributed by atoms with Crippen LogP contribution in [-0.4, -0.2) is 31.1 Å². The van der Waals surface area contributed by atoms with Gasteiger partial charge in [0.1, 0.15) is 0 Å². The minimum atomic E-state index is 0.509. The SMILES string of the molecule is CCN(C)CC(C)NCc1cc(Br)ccc1I. The van der Waals surface area contributed by atoms with Crippen LogP contribution in [0.15, 0.2) is 22.7 Å². The molecule has 17 heavy (non-hydrogen) atoms. The van der Waals surface area contributed by atoms with Crippen LogP contribution in [0.25, 0.3) is 0 Å². The zero-order valence-electron chi connectivity index (χ0n) is 10.6. The molecule has 1 aromatic rings. The average Bonchev–Trinajstić information content (AvgIpc) is 2.30. The summed E-state index contributed by atoms with van der Waals surface area (Å²) < 4.78 is 2.46. The van der Waals surface area contributed by atoms with Crippen molar-refractivity contribution in [1.29, 1.82) is 0 Å². The molecule has 1 unspecified atom stereocenters. The third-order valence-electron chi connectivity index (χ3n) is 2.77. The fraction of sp³-hybridized carbons (Fsp3) is 0.538. The summed E-state index contributed by atoms with van der Waals surface area (Å²) >= 11 is 5.90. The molecular formula is C13H20BrIN2. The van der Waals surface area contributed by atoms with Crippen molar-refractivity contribution in [3.63, 3.8) is 0 Å². The average molecular weight is 411 g/mol. The van der Waals surface area contributed by atoms with Crippen LogP contribution >= 0.6 is 38.5 Å². The first-order chi connectivity index (χ1) is 8.02. The Hall–Kier alpha value is 0.350. The number of nitrogens with one attached hydrogen (secondary N) is 1. The van der Waals surface area contributed by atoms with Crippen molar-refractivity contribution in [2.45, 2.75) is 26.4 Å². The molecule has 0 amide bonds. The maximum atomic E-state index is 3.56. The summed E-state index contributed by atoms with van der Waals surface area (Å²) in [4.78, 5) is 2.32. The lowest BCUT2D eigenvalue weighted by Crippen LogP contribution is -2.37. The predicted molar refractivity (Wildman–Crippen MR) is 86.3 cm³/mol. The second-order valence-corrected chi connectivity index (χ2v) is 6.45. The summed E-state index contributed by atoms with van der Waals surface area (Å²) in [6.07, 6.45) is 0. The molecule has 0 radical (unpaired) electrons. The van der Waals surface area contributed by atoms with Crippen LogP contribution in [-0.2, 0) is 6.54 Å². The summed E-state index contributed by atoms with van der Waals surface area (Å²) in [6.45, 7) is 7.53. The molecule has 0 bridgehead atoms. The smallest absolute Gasteiger partial charge is 0.0219 e. The topological polar surface area (TPSA) is 15.3 Å². The largest absolute Gasteiger partial charge is 0.309 e. The van der Waals surface area contributed by atoms with Gasteiger partial charge in [0.25, 0.3) is 0 Å². The summed E-state index contributed by atoms with van der Waals surface area (Å²) in [5.74, 6) is 0. The maximum absolute atomic E-state index is 3.56. The summed E-state index contributed by atoms with van der Waals surface area (Å²) in [7, 11) is 2.15. The minimum Gasteiger partial charge on any atom is -0.309 e. The Morgan fingerprint density at radius 2 is 2.18 bits per heavy atom. The third-order valence-corrected chi connectivity index (χ3v) is 4.32. The lowest BCUT2D eigenvalue weighted by Gasteiger charge is -2.21. The molecule has 4 heteroatoms. The Balaban J connectivity index is 2.47. The molecule has 1 N–H and O–H groups in total. The van der Waals surface area contributed by atoms with Gasteiger partial charge in [-0.25, -0.2) is 0 Å². The first-order valence-electron chi connectivity index (χ1n) is 5.88. The second kappa shape index (κ2) is 7.71. The molecule has 1 atom stereocenters. The van der Waals surface area contributed by atoms with Crippen LogP contribution in [0.2, 0.25) is 0 Å². The molecule has 96 valence electrons. The minimum absolute atomic E-state index is 0.509. The first-order valence-corrected chi connectivity index (χ1v) is 7.76. The van der Waals surface area contributed by atoms with Crippen LogP contribution in [0.1, 0.15) is 19.4 Å². The quantitative estimate of drug-likeness (QED) is 0.722. The molecule has 0 aliphatic carbocycles. The van der Waals surface area contributed by atoms with Crippen LogP contribution < -0.4 is 5.32 Å². The van der Waals surface area contributed by atoms with Gasteiger partial charge in [-0.05, 0) is 66.9 Å². The first kappa shape index (κ1) is 15.4. The molecule has 0 heterocycles. The van der Waals surface area contributed by atoms with Crippen molar-refractivity contribution in [3.05, 3.63) is 31.8 Å². The maximum Gasteiger partial charge on any atom is 0.0219 e. The number of benzene rings is 1. The standard InChI is InChI=1S/C13H20BrIN2/c1-4-17(3)9-10(2)16-8-11-7-12(14)5-6-13(11)15/h5-7,10,16H,4,8-9H2,1-3H3. The fourth-order valence-corrected chi connectivity index (χ4v) is 2.56. The molecule has 2 nitrogen and oxygen atoms in total. The molecule has 1 aromatic carbocycles. The number of halogens is 2. The lowest BCUT2D eigenvalue weighted by atomic mass is 10.2. The molecule has 0 aliphatic rings. The van der Waals surface area contributed by atoms with E-state index in [1.807, 2.05) is 0 Å². The molecule has 0 saturated heterocycles.